The number of amidine groups is 1. The first-order valence-electron chi connectivity index (χ1n) is 13.5. The predicted octanol–water partition coefficient (Wildman–Crippen LogP) is 4.99. The molecule has 41 heavy (non-hydrogen) atoms. The van der Waals surface area contributed by atoms with E-state index in [1.54, 1.807) is 25.3 Å². The Morgan fingerprint density at radius 2 is 2.10 bits per heavy atom. The fraction of sp³-hybridized carbons (Fsp3) is 0.300. The molecule has 2 aromatic carbocycles. The van der Waals surface area contributed by atoms with E-state index in [2.05, 4.69) is 43.8 Å². The van der Waals surface area contributed by atoms with E-state index in [1.807, 2.05) is 30.3 Å². The molecule has 2 aromatic heterocycles. The van der Waals surface area contributed by atoms with Gasteiger partial charge in [-0.15, -0.1) is 11.3 Å². The van der Waals surface area contributed by atoms with E-state index >= 15 is 0 Å². The molecule has 1 fully saturated rings. The summed E-state index contributed by atoms with van der Waals surface area (Å²) in [6.07, 6.45) is 5.31. The molecule has 0 amide bonds. The smallest absolute Gasteiger partial charge is 0.287 e. The molecule has 3 atom stereocenters. The number of thiophene rings is 1. The predicted molar refractivity (Wildman–Crippen MR) is 161 cm³/mol. The minimum atomic E-state index is -1.15. The van der Waals surface area contributed by atoms with Crippen molar-refractivity contribution in [1.29, 1.82) is 0 Å². The Morgan fingerprint density at radius 1 is 1.22 bits per heavy atom. The van der Waals surface area contributed by atoms with Gasteiger partial charge in [-0.25, -0.2) is 9.49 Å². The fourth-order valence-electron chi connectivity index (χ4n) is 5.50. The van der Waals surface area contributed by atoms with Crippen molar-refractivity contribution in [2.24, 2.45) is 10.9 Å². The molecule has 1 saturated heterocycles. The zero-order chi connectivity index (χ0) is 28.5. The maximum atomic E-state index is 14.8. The van der Waals surface area contributed by atoms with Crippen LogP contribution in [0.4, 0.5) is 15.8 Å². The molecule has 0 bridgehead atoms. The van der Waals surface area contributed by atoms with Gasteiger partial charge in [0.15, 0.2) is 6.23 Å². The van der Waals surface area contributed by atoms with Crippen LogP contribution in [0.3, 0.4) is 0 Å². The number of anilines is 2. The lowest BCUT2D eigenvalue weighted by molar-refractivity contribution is 0.211. The number of nitrogens with one attached hydrogen (secondary N) is 3. The van der Waals surface area contributed by atoms with Crippen molar-refractivity contribution in [2.45, 2.75) is 25.1 Å². The first kappa shape index (κ1) is 27.1. The van der Waals surface area contributed by atoms with E-state index in [0.717, 1.165) is 16.6 Å². The maximum Gasteiger partial charge on any atom is 0.287 e. The number of aliphatic hydroxyl groups excluding tert-OH is 1. The molecule has 0 saturated carbocycles. The van der Waals surface area contributed by atoms with E-state index in [9.17, 15) is 14.3 Å². The van der Waals surface area contributed by atoms with Crippen molar-refractivity contribution < 1.29 is 14.2 Å². The van der Waals surface area contributed by atoms with Gasteiger partial charge in [-0.05, 0) is 75.0 Å². The number of hydrogen-bond acceptors (Lipinski definition) is 9. The van der Waals surface area contributed by atoms with Crippen LogP contribution in [0.1, 0.15) is 23.9 Å². The van der Waals surface area contributed by atoms with Crippen LogP contribution in [0.15, 0.2) is 70.5 Å². The molecule has 4 N–H and O–H groups in total. The molecule has 0 spiro atoms. The number of likely N-dealkylation sites (tertiary alicyclic amines) is 1. The molecule has 2 aliphatic heterocycles. The third-order valence-corrected chi connectivity index (χ3v) is 8.85. The number of dihydropyridines is 1. The van der Waals surface area contributed by atoms with Gasteiger partial charge in [-0.3, -0.25) is 9.79 Å². The summed E-state index contributed by atoms with van der Waals surface area (Å²) in [5, 5.41) is 24.4. The third kappa shape index (κ3) is 5.61. The maximum absolute atomic E-state index is 14.8. The number of aromatic nitrogens is 2. The normalized spacial score (nSPS) is 19.8. The average Bonchev–Trinajstić information content (AvgIpc) is 3.62. The number of methoxy groups -OCH3 is 1. The Kier molecular flexibility index (Phi) is 7.57. The Hall–Kier alpha value is -4.06. The second kappa shape index (κ2) is 11.4. The van der Waals surface area contributed by atoms with Crippen LogP contribution in [0.25, 0.3) is 21.3 Å². The fourth-order valence-corrected chi connectivity index (χ4v) is 6.52. The van der Waals surface area contributed by atoms with Crippen molar-refractivity contribution in [3.8, 4) is 17.0 Å². The molecule has 0 radical (unpaired) electrons. The summed E-state index contributed by atoms with van der Waals surface area (Å²) >= 11 is 1.39. The third-order valence-electron chi connectivity index (χ3n) is 7.70. The number of H-pyrrole nitrogens is 1. The second-order valence-corrected chi connectivity index (χ2v) is 11.4. The second-order valence-electron chi connectivity index (χ2n) is 10.3. The van der Waals surface area contributed by atoms with Crippen LogP contribution in [0, 0.1) is 11.7 Å². The van der Waals surface area contributed by atoms with Crippen molar-refractivity contribution in [3.05, 3.63) is 81.7 Å². The number of nitrogens with zero attached hydrogens (tertiary/aromatic N) is 3. The lowest BCUT2D eigenvalue weighted by atomic mass is 9.95. The van der Waals surface area contributed by atoms with Crippen molar-refractivity contribution in [1.82, 2.24) is 15.1 Å². The van der Waals surface area contributed by atoms with Gasteiger partial charge in [0.05, 0.1) is 23.4 Å². The van der Waals surface area contributed by atoms with Crippen LogP contribution in [0.5, 0.6) is 5.75 Å². The summed E-state index contributed by atoms with van der Waals surface area (Å²) in [6, 6.07) is 14.0. The quantitative estimate of drug-likeness (QED) is 0.230. The molecule has 9 nitrogen and oxygen atoms in total. The van der Waals surface area contributed by atoms with Crippen LogP contribution < -0.4 is 20.9 Å². The average molecular weight is 575 g/mol. The number of halogens is 1. The lowest BCUT2D eigenvalue weighted by Crippen LogP contribution is -2.35. The van der Waals surface area contributed by atoms with Gasteiger partial charge in [0, 0.05) is 34.2 Å². The first-order valence-corrected chi connectivity index (χ1v) is 14.3. The number of rotatable bonds is 7. The van der Waals surface area contributed by atoms with Gasteiger partial charge in [0.1, 0.15) is 23.1 Å². The molecular formula is C30H31FN6O3S. The molecule has 212 valence electrons. The Morgan fingerprint density at radius 3 is 2.85 bits per heavy atom. The van der Waals surface area contributed by atoms with Gasteiger partial charge < -0.3 is 25.4 Å². The topological polar surface area (TPSA) is 115 Å². The van der Waals surface area contributed by atoms with Crippen LogP contribution in [-0.4, -0.2) is 59.3 Å². The van der Waals surface area contributed by atoms with E-state index < -0.39 is 17.6 Å². The van der Waals surface area contributed by atoms with Crippen molar-refractivity contribution >= 4 is 38.6 Å². The SMILES string of the molecule is COc1cccc2sc(C(O)Nc3cc(-c4cc(NC5=NCC(C6CCCN6C)C=C5)c(=O)[nH]n4)ccc3F)cc12. The van der Waals surface area contributed by atoms with Crippen molar-refractivity contribution in [3.63, 3.8) is 0 Å². The molecule has 3 unspecified atom stereocenters. The molecule has 6 rings (SSSR count). The molecule has 4 heterocycles. The number of aliphatic imine (C=N–C) groups is 1. The summed E-state index contributed by atoms with van der Waals surface area (Å²) < 4.78 is 21.2. The highest BCUT2D eigenvalue weighted by Crippen LogP contribution is 2.36. The minimum absolute atomic E-state index is 0.101. The van der Waals surface area contributed by atoms with E-state index in [4.69, 9.17) is 4.74 Å². The first-order chi connectivity index (χ1) is 19.9. The summed E-state index contributed by atoms with van der Waals surface area (Å²) in [7, 11) is 3.75. The number of fused-ring (bicyclic) bond motifs is 1. The van der Waals surface area contributed by atoms with Gasteiger partial charge >= 0.3 is 0 Å². The van der Waals surface area contributed by atoms with Crippen LogP contribution >= 0.6 is 11.3 Å². The summed E-state index contributed by atoms with van der Waals surface area (Å²) in [5.41, 5.74) is 0.988. The van der Waals surface area contributed by atoms with Crippen molar-refractivity contribution in [2.75, 3.05) is 37.9 Å². The van der Waals surface area contributed by atoms with Gasteiger partial charge in [-0.1, -0.05) is 12.1 Å². The summed E-state index contributed by atoms with van der Waals surface area (Å²) in [4.78, 5) is 20.2. The Bertz CT molecular complexity index is 1700. The number of aliphatic hydroxyl groups is 1. The van der Waals surface area contributed by atoms with Gasteiger partial charge in [0.2, 0.25) is 0 Å². The summed E-state index contributed by atoms with van der Waals surface area (Å²) in [5.74, 6) is 1.14. The highest BCUT2D eigenvalue weighted by atomic mass is 32.1. The number of hydrogen-bond donors (Lipinski definition) is 4. The highest BCUT2D eigenvalue weighted by Gasteiger charge is 2.28. The largest absolute Gasteiger partial charge is 0.496 e. The zero-order valence-electron chi connectivity index (χ0n) is 22.7. The minimum Gasteiger partial charge on any atom is -0.496 e. The van der Waals surface area contributed by atoms with Crippen LogP contribution in [-0.2, 0) is 0 Å². The lowest BCUT2D eigenvalue weighted by Gasteiger charge is -2.27. The number of ether oxygens (including phenoxy) is 1. The monoisotopic (exact) mass is 574 g/mol. The highest BCUT2D eigenvalue weighted by molar-refractivity contribution is 7.19. The van der Waals surface area contributed by atoms with Gasteiger partial charge in [0.25, 0.3) is 5.56 Å². The molecule has 2 aliphatic rings. The zero-order valence-corrected chi connectivity index (χ0v) is 23.5. The van der Waals surface area contributed by atoms with E-state index in [1.165, 1.54) is 30.2 Å². The Balaban J connectivity index is 1.19. The van der Waals surface area contributed by atoms with Gasteiger partial charge in [-0.2, -0.15) is 5.10 Å². The van der Waals surface area contributed by atoms with E-state index in [-0.39, 0.29) is 11.4 Å². The molecule has 11 heteroatoms. The number of benzene rings is 2. The summed E-state index contributed by atoms with van der Waals surface area (Å²) in [6.45, 7) is 1.77. The molecular weight excluding hydrogens is 543 g/mol. The van der Waals surface area contributed by atoms with E-state index in [0.29, 0.717) is 46.2 Å². The molecule has 0 aliphatic carbocycles. The standard InChI is InChI=1S/C30H31FN6O3S/c1-37-12-4-5-24(37)18-9-11-28(32-16-18)33-23-15-21(35-36-29(23)38)17-8-10-20(31)22(13-17)34-30(39)27-14-19-25(40-2)6-3-7-26(19)41-27/h3,6-11,13-15,18,24,30,34,39H,4-5,12,16H2,1-2H3,(H,36,38)(H,32,33,35). The molecule has 4 aromatic rings. The Labute approximate surface area is 240 Å². The number of aromatic amines is 1. The van der Waals surface area contributed by atoms with Crippen LogP contribution in [0.2, 0.25) is 0 Å².